The largest absolute Gasteiger partial charge is 0.482 e. The number of ketones is 1. The van der Waals surface area contributed by atoms with E-state index in [9.17, 15) is 19.6 Å². The number of nitrogens with zero attached hydrogens (tertiary/aromatic N) is 1. The molecule has 0 saturated heterocycles. The van der Waals surface area contributed by atoms with Gasteiger partial charge in [-0.15, -0.1) is 4.91 Å². The second-order valence-corrected chi connectivity index (χ2v) is 8.03. The van der Waals surface area contributed by atoms with Crippen molar-refractivity contribution in [2.45, 2.75) is 59.2 Å². The van der Waals surface area contributed by atoms with Gasteiger partial charge < -0.3 is 14.3 Å². The lowest BCUT2D eigenvalue weighted by Gasteiger charge is -2.30. The number of fused-ring (bicyclic) bond motifs is 3. The quantitative estimate of drug-likeness (QED) is 0.435. The molecule has 154 valence electrons. The van der Waals surface area contributed by atoms with E-state index in [1.165, 1.54) is 13.0 Å². The maximum atomic E-state index is 13.2. The Morgan fingerprint density at radius 2 is 2.00 bits per heavy atom. The Labute approximate surface area is 168 Å². The highest BCUT2D eigenvalue weighted by molar-refractivity contribution is 6.15. The van der Waals surface area contributed by atoms with E-state index in [1.54, 1.807) is 19.1 Å². The number of Topliss-reactive ketones (excluding diaryl/α,β-unsaturated/α-hetero) is 1. The standard InChI is InChI=1S/C22H25NO6/c1-6-7-13-10-15(25)28-21-16(13)20-14(8-9-22(4,5)29-20)18(23-27)17(21)19(26)11(2)12(3)24/h8-12,24H,6-7H2,1-5H3. The van der Waals surface area contributed by atoms with Crippen LogP contribution in [0.3, 0.4) is 0 Å². The molecular formula is C22H25NO6. The first-order valence-corrected chi connectivity index (χ1v) is 9.71. The average molecular weight is 399 g/mol. The fraction of sp³-hybridized carbons (Fsp3) is 0.455. The van der Waals surface area contributed by atoms with Crippen LogP contribution in [0.2, 0.25) is 0 Å². The maximum absolute atomic E-state index is 13.2. The summed E-state index contributed by atoms with van der Waals surface area (Å²) in [5.41, 5.74) is -0.479. The number of aliphatic hydroxyl groups is 1. The smallest absolute Gasteiger partial charge is 0.336 e. The summed E-state index contributed by atoms with van der Waals surface area (Å²) in [7, 11) is 0. The normalized spacial score (nSPS) is 16.8. The molecule has 2 atom stereocenters. The Balaban J connectivity index is 2.53. The third-order valence-corrected chi connectivity index (χ3v) is 5.24. The van der Waals surface area contributed by atoms with Crippen molar-refractivity contribution in [3.8, 4) is 5.75 Å². The van der Waals surface area contributed by atoms with Gasteiger partial charge in [0, 0.05) is 17.5 Å². The number of benzene rings is 1. The van der Waals surface area contributed by atoms with Crippen molar-refractivity contribution in [3.63, 3.8) is 0 Å². The predicted molar refractivity (Wildman–Crippen MR) is 111 cm³/mol. The first-order chi connectivity index (χ1) is 13.6. The first-order valence-electron chi connectivity index (χ1n) is 9.71. The molecule has 1 N–H and O–H groups in total. The van der Waals surface area contributed by atoms with Crippen LogP contribution in [0.1, 0.15) is 62.5 Å². The van der Waals surface area contributed by atoms with Gasteiger partial charge in [0.25, 0.3) is 0 Å². The number of nitroso groups, excluding NO2 is 1. The van der Waals surface area contributed by atoms with Crippen LogP contribution in [0.4, 0.5) is 5.69 Å². The molecule has 0 bridgehead atoms. The van der Waals surface area contributed by atoms with Gasteiger partial charge in [0.05, 0.1) is 17.1 Å². The minimum Gasteiger partial charge on any atom is -0.482 e. The Morgan fingerprint density at radius 1 is 1.31 bits per heavy atom. The van der Waals surface area contributed by atoms with Crippen LogP contribution in [-0.4, -0.2) is 22.6 Å². The molecule has 0 saturated carbocycles. The molecule has 2 heterocycles. The van der Waals surface area contributed by atoms with Crippen LogP contribution in [0.15, 0.2) is 26.5 Å². The van der Waals surface area contributed by atoms with Gasteiger partial charge in [-0.25, -0.2) is 4.79 Å². The zero-order valence-electron chi connectivity index (χ0n) is 17.2. The minimum atomic E-state index is -0.954. The molecule has 0 spiro atoms. The summed E-state index contributed by atoms with van der Waals surface area (Å²) >= 11 is 0. The minimum absolute atomic E-state index is 0.0158. The molecule has 29 heavy (non-hydrogen) atoms. The molecule has 3 rings (SSSR count). The maximum Gasteiger partial charge on any atom is 0.336 e. The fourth-order valence-electron chi connectivity index (χ4n) is 3.53. The summed E-state index contributed by atoms with van der Waals surface area (Å²) in [4.78, 5) is 37.3. The second-order valence-electron chi connectivity index (χ2n) is 8.03. The summed E-state index contributed by atoms with van der Waals surface area (Å²) < 4.78 is 11.6. The van der Waals surface area contributed by atoms with Crippen LogP contribution in [-0.2, 0) is 6.42 Å². The molecule has 0 amide bonds. The third-order valence-electron chi connectivity index (χ3n) is 5.24. The molecule has 7 nitrogen and oxygen atoms in total. The zero-order valence-corrected chi connectivity index (χ0v) is 17.2. The lowest BCUT2D eigenvalue weighted by Crippen LogP contribution is -2.29. The van der Waals surface area contributed by atoms with Crippen molar-refractivity contribution in [2.75, 3.05) is 0 Å². The molecule has 0 fully saturated rings. The highest BCUT2D eigenvalue weighted by atomic mass is 16.5. The number of rotatable bonds is 6. The van der Waals surface area contributed by atoms with Crippen molar-refractivity contribution < 1.29 is 19.1 Å². The summed E-state index contributed by atoms with van der Waals surface area (Å²) in [6.07, 6.45) is 3.85. The number of hydrogen-bond donors (Lipinski definition) is 1. The SMILES string of the molecule is CCCc1cc(=O)oc2c(C(=O)C(C)C(C)O)c(N=O)c3c(c12)OC(C)(C)C=C3. The summed E-state index contributed by atoms with van der Waals surface area (Å²) in [5.74, 6) is -0.963. The van der Waals surface area contributed by atoms with Gasteiger partial charge in [-0.05, 0) is 50.1 Å². The fourth-order valence-corrected chi connectivity index (χ4v) is 3.53. The van der Waals surface area contributed by atoms with Crippen molar-refractivity contribution in [3.05, 3.63) is 44.2 Å². The highest BCUT2D eigenvalue weighted by Gasteiger charge is 2.35. The summed E-state index contributed by atoms with van der Waals surface area (Å²) in [6, 6.07) is 1.39. The van der Waals surface area contributed by atoms with E-state index in [1.807, 2.05) is 20.8 Å². The van der Waals surface area contributed by atoms with Crippen molar-refractivity contribution in [1.82, 2.24) is 0 Å². The van der Waals surface area contributed by atoms with E-state index >= 15 is 0 Å². The molecule has 1 aliphatic heterocycles. The average Bonchev–Trinajstić information content (AvgIpc) is 2.64. The zero-order chi connectivity index (χ0) is 21.5. The number of ether oxygens (including phenoxy) is 1. The van der Waals surface area contributed by atoms with Crippen LogP contribution in [0.5, 0.6) is 5.75 Å². The highest BCUT2D eigenvalue weighted by Crippen LogP contribution is 2.47. The summed E-state index contributed by atoms with van der Waals surface area (Å²) in [5, 5.41) is 13.5. The lowest BCUT2D eigenvalue weighted by atomic mass is 9.87. The van der Waals surface area contributed by atoms with E-state index in [0.29, 0.717) is 28.7 Å². The van der Waals surface area contributed by atoms with Crippen molar-refractivity contribution in [2.24, 2.45) is 11.1 Å². The van der Waals surface area contributed by atoms with Crippen LogP contribution in [0, 0.1) is 10.8 Å². The van der Waals surface area contributed by atoms with Gasteiger partial charge in [0.1, 0.15) is 17.0 Å². The number of aliphatic hydroxyl groups excluding tert-OH is 1. The van der Waals surface area contributed by atoms with Crippen molar-refractivity contribution >= 4 is 28.5 Å². The van der Waals surface area contributed by atoms with Gasteiger partial charge in [0.15, 0.2) is 11.4 Å². The Kier molecular flexibility index (Phi) is 5.45. The number of aryl methyl sites for hydroxylation is 1. The molecule has 0 aliphatic carbocycles. The Bertz CT molecular complexity index is 1080. The van der Waals surface area contributed by atoms with E-state index in [-0.39, 0.29) is 16.8 Å². The molecule has 2 unspecified atom stereocenters. The van der Waals surface area contributed by atoms with E-state index in [2.05, 4.69) is 5.18 Å². The Hall–Kier alpha value is -2.80. The molecule has 2 aromatic rings. The monoisotopic (exact) mass is 399 g/mol. The molecule has 1 aliphatic rings. The van der Waals surface area contributed by atoms with Crippen molar-refractivity contribution in [1.29, 1.82) is 0 Å². The van der Waals surface area contributed by atoms with Gasteiger partial charge in [-0.1, -0.05) is 20.3 Å². The molecule has 1 aromatic carbocycles. The number of carbonyl (C=O) groups is 1. The second kappa shape index (κ2) is 7.55. The number of hydrogen-bond acceptors (Lipinski definition) is 7. The van der Waals surface area contributed by atoms with E-state index in [0.717, 1.165) is 6.42 Å². The Morgan fingerprint density at radius 3 is 2.59 bits per heavy atom. The van der Waals surface area contributed by atoms with Gasteiger partial charge >= 0.3 is 5.63 Å². The topological polar surface area (TPSA) is 106 Å². The van der Waals surface area contributed by atoms with Gasteiger partial charge in [0.2, 0.25) is 0 Å². The first kappa shape index (κ1) is 20.9. The number of carbonyl (C=O) groups excluding carboxylic acids is 1. The molecule has 0 radical (unpaired) electrons. The van der Waals surface area contributed by atoms with Crippen LogP contribution in [0.25, 0.3) is 17.0 Å². The molecule has 1 aromatic heterocycles. The van der Waals surface area contributed by atoms with Crippen LogP contribution >= 0.6 is 0 Å². The molecular weight excluding hydrogens is 374 g/mol. The molecule has 7 heteroatoms. The van der Waals surface area contributed by atoms with Crippen LogP contribution < -0.4 is 10.4 Å². The predicted octanol–water partition coefficient (Wildman–Crippen LogP) is 4.53. The van der Waals surface area contributed by atoms with E-state index in [4.69, 9.17) is 9.15 Å². The summed E-state index contributed by atoms with van der Waals surface area (Å²) in [6.45, 7) is 8.73. The third kappa shape index (κ3) is 3.62. The lowest BCUT2D eigenvalue weighted by molar-refractivity contribution is 0.0760. The van der Waals surface area contributed by atoms with Gasteiger partial charge in [-0.3, -0.25) is 4.79 Å². The van der Waals surface area contributed by atoms with Gasteiger partial charge in [-0.2, -0.15) is 0 Å². The van der Waals surface area contributed by atoms with E-state index < -0.39 is 29.0 Å².